The Labute approximate surface area is 232 Å². The maximum atomic E-state index is 12.5. The number of hydrogen-bond donors (Lipinski definition) is 2. The Morgan fingerprint density at radius 1 is 0.816 bits per heavy atom. The standard InChI is InChI=1S/C31H28Cl2N4O/c1-21-8-17-28(18-22(21)2)34-20-31(38,25-11-15-27(33)16-12-25)30-29(24-9-13-26(32)14-10-24)37(36-35-30)19-23-6-4-3-5-7-23/h3-18,34,38H,19-20H2,1-2H3. The number of benzene rings is 4. The first-order chi connectivity index (χ1) is 18.3. The molecule has 0 aliphatic rings. The lowest BCUT2D eigenvalue weighted by molar-refractivity contribution is 0.0907. The van der Waals surface area contributed by atoms with Crippen molar-refractivity contribution in [2.45, 2.75) is 26.0 Å². The van der Waals surface area contributed by atoms with Crippen molar-refractivity contribution in [3.63, 3.8) is 0 Å². The van der Waals surface area contributed by atoms with E-state index in [0.29, 0.717) is 33.5 Å². The summed E-state index contributed by atoms with van der Waals surface area (Å²) >= 11 is 12.4. The average molecular weight is 543 g/mol. The molecular weight excluding hydrogens is 515 g/mol. The van der Waals surface area contributed by atoms with Crippen molar-refractivity contribution in [3.05, 3.63) is 135 Å². The highest BCUT2D eigenvalue weighted by atomic mass is 35.5. The number of aromatic nitrogens is 3. The average Bonchev–Trinajstić information content (AvgIpc) is 3.34. The van der Waals surface area contributed by atoms with Crippen LogP contribution in [0.4, 0.5) is 5.69 Å². The van der Waals surface area contributed by atoms with Gasteiger partial charge in [-0.1, -0.05) is 89.1 Å². The molecule has 1 aromatic heterocycles. The summed E-state index contributed by atoms with van der Waals surface area (Å²) in [5.74, 6) is 0. The van der Waals surface area contributed by atoms with Gasteiger partial charge in [-0.05, 0) is 72.5 Å². The first-order valence-corrected chi connectivity index (χ1v) is 13.1. The molecule has 0 aliphatic carbocycles. The summed E-state index contributed by atoms with van der Waals surface area (Å²) in [6, 6.07) is 30.9. The molecule has 0 saturated carbocycles. The summed E-state index contributed by atoms with van der Waals surface area (Å²) in [5.41, 5.74) is 5.49. The fourth-order valence-corrected chi connectivity index (χ4v) is 4.73. The van der Waals surface area contributed by atoms with E-state index in [0.717, 1.165) is 16.8 Å². The van der Waals surface area contributed by atoms with Gasteiger partial charge in [0.2, 0.25) is 0 Å². The number of rotatable bonds is 8. The van der Waals surface area contributed by atoms with Crippen molar-refractivity contribution in [2.75, 3.05) is 11.9 Å². The second kappa shape index (κ2) is 11.0. The SMILES string of the molecule is Cc1ccc(NCC(O)(c2ccc(Cl)cc2)c2nnn(Cc3ccccc3)c2-c2ccc(Cl)cc2)cc1C. The fourth-order valence-electron chi connectivity index (χ4n) is 4.48. The predicted octanol–water partition coefficient (Wildman–Crippen LogP) is 7.27. The third-order valence-corrected chi connectivity index (χ3v) is 7.30. The molecule has 7 heteroatoms. The van der Waals surface area contributed by atoms with Crippen molar-refractivity contribution in [1.29, 1.82) is 0 Å². The Hall–Kier alpha value is -3.64. The summed E-state index contributed by atoms with van der Waals surface area (Å²) in [7, 11) is 0. The maximum Gasteiger partial charge on any atom is 0.153 e. The van der Waals surface area contributed by atoms with Gasteiger partial charge in [0.25, 0.3) is 0 Å². The van der Waals surface area contributed by atoms with Crippen LogP contribution in [0.3, 0.4) is 0 Å². The van der Waals surface area contributed by atoms with Crippen molar-refractivity contribution in [3.8, 4) is 11.3 Å². The lowest BCUT2D eigenvalue weighted by atomic mass is 9.87. The van der Waals surface area contributed by atoms with Crippen LogP contribution in [0.15, 0.2) is 97.1 Å². The molecular formula is C31H28Cl2N4O. The molecule has 0 saturated heterocycles. The number of anilines is 1. The number of aliphatic hydroxyl groups is 1. The molecule has 38 heavy (non-hydrogen) atoms. The maximum absolute atomic E-state index is 12.5. The van der Waals surface area contributed by atoms with E-state index >= 15 is 0 Å². The molecule has 1 atom stereocenters. The Morgan fingerprint density at radius 2 is 1.47 bits per heavy atom. The monoisotopic (exact) mass is 542 g/mol. The zero-order valence-electron chi connectivity index (χ0n) is 21.2. The van der Waals surface area contributed by atoms with Gasteiger partial charge in [-0.3, -0.25) is 0 Å². The first kappa shape index (κ1) is 26.0. The zero-order chi connectivity index (χ0) is 26.7. The van der Waals surface area contributed by atoms with Gasteiger partial charge in [0.05, 0.1) is 18.8 Å². The molecule has 1 heterocycles. The molecule has 5 nitrogen and oxygen atoms in total. The summed E-state index contributed by atoms with van der Waals surface area (Å²) in [5, 5.41) is 26.2. The van der Waals surface area contributed by atoms with E-state index in [2.05, 4.69) is 41.6 Å². The van der Waals surface area contributed by atoms with E-state index in [1.165, 1.54) is 11.1 Å². The second-order valence-electron chi connectivity index (χ2n) is 9.46. The normalized spacial score (nSPS) is 12.8. The van der Waals surface area contributed by atoms with Gasteiger partial charge >= 0.3 is 0 Å². The highest BCUT2D eigenvalue weighted by molar-refractivity contribution is 6.30. The summed E-state index contributed by atoms with van der Waals surface area (Å²) < 4.78 is 1.82. The molecule has 0 radical (unpaired) electrons. The van der Waals surface area contributed by atoms with Crippen molar-refractivity contribution >= 4 is 28.9 Å². The van der Waals surface area contributed by atoms with E-state index < -0.39 is 5.60 Å². The second-order valence-corrected chi connectivity index (χ2v) is 10.3. The molecule has 5 aromatic rings. The minimum absolute atomic E-state index is 0.168. The topological polar surface area (TPSA) is 63.0 Å². The zero-order valence-corrected chi connectivity index (χ0v) is 22.7. The quantitative estimate of drug-likeness (QED) is 0.216. The van der Waals surface area contributed by atoms with Gasteiger partial charge in [0, 0.05) is 21.3 Å². The van der Waals surface area contributed by atoms with Crippen LogP contribution in [0.1, 0.15) is 27.9 Å². The fraction of sp³-hybridized carbons (Fsp3) is 0.161. The molecule has 2 N–H and O–H groups in total. The van der Waals surface area contributed by atoms with Gasteiger partial charge in [0.15, 0.2) is 5.60 Å². The molecule has 1 unspecified atom stereocenters. The van der Waals surface area contributed by atoms with E-state index in [1.54, 1.807) is 12.1 Å². The predicted molar refractivity (Wildman–Crippen MR) is 155 cm³/mol. The van der Waals surface area contributed by atoms with Gasteiger partial charge in [-0.2, -0.15) is 0 Å². The van der Waals surface area contributed by atoms with Crippen LogP contribution in [0.5, 0.6) is 0 Å². The molecule has 0 fully saturated rings. The van der Waals surface area contributed by atoms with E-state index in [1.807, 2.05) is 77.5 Å². The minimum atomic E-state index is -1.52. The van der Waals surface area contributed by atoms with Crippen LogP contribution in [-0.2, 0) is 12.1 Å². The molecule has 0 bridgehead atoms. The number of halogens is 2. The van der Waals surface area contributed by atoms with Crippen LogP contribution in [0.25, 0.3) is 11.3 Å². The Morgan fingerprint density at radius 3 is 2.13 bits per heavy atom. The number of aryl methyl sites for hydroxylation is 2. The minimum Gasteiger partial charge on any atom is -0.381 e. The molecule has 5 rings (SSSR count). The number of nitrogens with one attached hydrogen (secondary N) is 1. The van der Waals surface area contributed by atoms with Crippen LogP contribution < -0.4 is 5.32 Å². The summed E-state index contributed by atoms with van der Waals surface area (Å²) in [6.45, 7) is 4.81. The third kappa shape index (κ3) is 5.46. The van der Waals surface area contributed by atoms with Gasteiger partial charge in [-0.25, -0.2) is 4.68 Å². The molecule has 192 valence electrons. The summed E-state index contributed by atoms with van der Waals surface area (Å²) in [6.07, 6.45) is 0. The van der Waals surface area contributed by atoms with Gasteiger partial charge in [-0.15, -0.1) is 5.10 Å². The van der Waals surface area contributed by atoms with Crippen LogP contribution in [0.2, 0.25) is 10.0 Å². The van der Waals surface area contributed by atoms with Crippen LogP contribution in [-0.4, -0.2) is 26.6 Å². The van der Waals surface area contributed by atoms with Crippen LogP contribution >= 0.6 is 23.2 Å². The molecule has 4 aromatic carbocycles. The molecule has 0 spiro atoms. The van der Waals surface area contributed by atoms with E-state index in [4.69, 9.17) is 23.2 Å². The summed E-state index contributed by atoms with van der Waals surface area (Å²) in [4.78, 5) is 0. The highest BCUT2D eigenvalue weighted by Crippen LogP contribution is 2.37. The molecule has 0 aliphatic heterocycles. The lowest BCUT2D eigenvalue weighted by Crippen LogP contribution is -2.36. The van der Waals surface area contributed by atoms with Crippen LogP contribution in [0, 0.1) is 13.8 Å². The van der Waals surface area contributed by atoms with Crippen molar-refractivity contribution in [1.82, 2.24) is 15.0 Å². The number of hydrogen-bond acceptors (Lipinski definition) is 4. The largest absolute Gasteiger partial charge is 0.381 e. The highest BCUT2D eigenvalue weighted by Gasteiger charge is 2.38. The van der Waals surface area contributed by atoms with E-state index in [9.17, 15) is 5.11 Å². The number of nitrogens with zero attached hydrogens (tertiary/aromatic N) is 3. The first-order valence-electron chi connectivity index (χ1n) is 12.4. The van der Waals surface area contributed by atoms with Crippen molar-refractivity contribution in [2.24, 2.45) is 0 Å². The smallest absolute Gasteiger partial charge is 0.153 e. The van der Waals surface area contributed by atoms with Crippen molar-refractivity contribution < 1.29 is 5.11 Å². The van der Waals surface area contributed by atoms with E-state index in [-0.39, 0.29) is 6.54 Å². The Kier molecular flexibility index (Phi) is 7.52. The third-order valence-electron chi connectivity index (χ3n) is 6.80. The Bertz CT molecular complexity index is 1530. The lowest BCUT2D eigenvalue weighted by Gasteiger charge is -2.29. The molecule has 0 amide bonds. The van der Waals surface area contributed by atoms with Gasteiger partial charge < -0.3 is 10.4 Å². The van der Waals surface area contributed by atoms with Gasteiger partial charge in [0.1, 0.15) is 5.69 Å². The Balaban J connectivity index is 1.64.